The topological polar surface area (TPSA) is 185 Å². The minimum absolute atomic E-state index is 0.190. The SMILES string of the molecule is CCCCc1nc(Cl)c(C(O)C(CCC)c2nc(Cl)c(CO)n2Cc2ccc(-c3ccccc3-c3nn[nH]n3)cc2)n1Cc1ccc(-c2ccccc2-c2nn[nH]n2)cc1. The minimum atomic E-state index is -1.09. The van der Waals surface area contributed by atoms with Crippen LogP contribution in [-0.4, -0.2) is 70.6 Å². The summed E-state index contributed by atoms with van der Waals surface area (Å²) in [6, 6.07) is 32.3. The van der Waals surface area contributed by atoms with Crippen LogP contribution in [0, 0.1) is 0 Å². The smallest absolute Gasteiger partial charge is 0.205 e. The number of hydrogen-bond acceptors (Lipinski definition) is 10. The number of benzene rings is 4. The maximum atomic E-state index is 12.5. The Morgan fingerprint density at radius 1 is 0.650 bits per heavy atom. The van der Waals surface area contributed by atoms with E-state index in [1.807, 2.05) is 77.4 Å². The zero-order chi connectivity index (χ0) is 41.6. The lowest BCUT2D eigenvalue weighted by molar-refractivity contribution is 0.125. The fourth-order valence-electron chi connectivity index (χ4n) is 7.84. The summed E-state index contributed by atoms with van der Waals surface area (Å²) in [5, 5.41) is 52.9. The van der Waals surface area contributed by atoms with E-state index < -0.39 is 12.0 Å². The van der Waals surface area contributed by atoms with Crippen molar-refractivity contribution >= 4 is 23.2 Å². The van der Waals surface area contributed by atoms with E-state index >= 15 is 0 Å². The second kappa shape index (κ2) is 18.5. The maximum absolute atomic E-state index is 12.5. The normalized spacial score (nSPS) is 12.6. The number of rotatable bonds is 17. The standard InChI is InChI=1S/C44H44Cl2N12O2/c1-3-5-15-37-47-41(46)38(58(37)25-28-18-22-30(23-19-28)32-12-7-9-14-34(32)43-51-55-56-52-43)39(60)35(10-4-2)44-48-40(45)36(26-59)57(44)24-27-16-20-29(21-17-27)31-11-6-8-13-33(31)42-49-53-54-50-42/h6-9,11-14,16-23,35,39,59-60H,3-5,10,15,24-26H2,1-2H3,(H,49,50,53,54)(H,51,52,55,56). The maximum Gasteiger partial charge on any atom is 0.205 e. The molecule has 0 saturated carbocycles. The van der Waals surface area contributed by atoms with Gasteiger partial charge in [-0.15, -0.1) is 20.4 Å². The molecule has 0 amide bonds. The first-order valence-electron chi connectivity index (χ1n) is 20.0. The molecule has 0 aliphatic heterocycles. The van der Waals surface area contributed by atoms with Gasteiger partial charge in [0.15, 0.2) is 10.3 Å². The van der Waals surface area contributed by atoms with Crippen molar-refractivity contribution in [3.05, 3.63) is 142 Å². The molecule has 8 rings (SSSR count). The Hall–Kier alpha value is -6.06. The molecule has 14 nitrogen and oxygen atoms in total. The number of aliphatic hydroxyl groups excluding tert-OH is 2. The number of imidazole rings is 2. The quantitative estimate of drug-likeness (QED) is 0.0692. The monoisotopic (exact) mass is 842 g/mol. The van der Waals surface area contributed by atoms with E-state index in [-0.39, 0.29) is 16.9 Å². The number of unbranched alkanes of at least 4 members (excludes halogenated alkanes) is 1. The van der Waals surface area contributed by atoms with E-state index in [9.17, 15) is 10.2 Å². The molecule has 0 aliphatic rings. The van der Waals surface area contributed by atoms with Gasteiger partial charge in [-0.3, -0.25) is 0 Å². The van der Waals surface area contributed by atoms with Gasteiger partial charge in [-0.25, -0.2) is 9.97 Å². The second-order valence-electron chi connectivity index (χ2n) is 14.6. The van der Waals surface area contributed by atoms with Crippen molar-refractivity contribution < 1.29 is 10.2 Å². The van der Waals surface area contributed by atoms with Crippen LogP contribution in [0.3, 0.4) is 0 Å². The highest BCUT2D eigenvalue weighted by Crippen LogP contribution is 2.40. The second-order valence-corrected chi connectivity index (χ2v) is 15.4. The van der Waals surface area contributed by atoms with E-state index in [0.717, 1.165) is 69.6 Å². The van der Waals surface area contributed by atoms with Crippen LogP contribution < -0.4 is 0 Å². The zero-order valence-corrected chi connectivity index (χ0v) is 34.7. The molecule has 4 aromatic carbocycles. The minimum Gasteiger partial charge on any atom is -0.390 e. The van der Waals surface area contributed by atoms with Gasteiger partial charge in [0.05, 0.1) is 18.0 Å². The molecule has 0 fully saturated rings. The molecule has 0 saturated heterocycles. The van der Waals surface area contributed by atoms with Gasteiger partial charge in [0, 0.05) is 36.6 Å². The lowest BCUT2D eigenvalue weighted by Gasteiger charge is -2.26. The summed E-state index contributed by atoms with van der Waals surface area (Å²) < 4.78 is 3.98. The van der Waals surface area contributed by atoms with Gasteiger partial charge in [-0.05, 0) is 56.6 Å². The predicted molar refractivity (Wildman–Crippen MR) is 230 cm³/mol. The van der Waals surface area contributed by atoms with E-state index in [4.69, 9.17) is 33.2 Å². The van der Waals surface area contributed by atoms with Crippen molar-refractivity contribution in [1.29, 1.82) is 0 Å². The van der Waals surface area contributed by atoms with E-state index in [0.29, 0.717) is 54.8 Å². The first-order chi connectivity index (χ1) is 29.4. The highest BCUT2D eigenvalue weighted by Gasteiger charge is 2.34. The third-order valence-electron chi connectivity index (χ3n) is 10.8. The number of nitrogens with zero attached hydrogens (tertiary/aromatic N) is 10. The van der Waals surface area contributed by atoms with Crippen LogP contribution >= 0.6 is 23.2 Å². The Morgan fingerprint density at radius 2 is 1.18 bits per heavy atom. The summed E-state index contributed by atoms with van der Waals surface area (Å²) in [6.07, 6.45) is 2.81. The molecule has 60 heavy (non-hydrogen) atoms. The van der Waals surface area contributed by atoms with Crippen LogP contribution in [0.5, 0.6) is 0 Å². The molecule has 4 heterocycles. The molecule has 0 aliphatic carbocycles. The Labute approximate surface area is 356 Å². The molecule has 8 aromatic rings. The number of H-pyrrole nitrogens is 2. The van der Waals surface area contributed by atoms with Gasteiger partial charge in [0.2, 0.25) is 11.6 Å². The fourth-order valence-corrected chi connectivity index (χ4v) is 8.40. The Balaban J connectivity index is 1.11. The number of nitrogens with one attached hydrogen (secondary N) is 2. The predicted octanol–water partition coefficient (Wildman–Crippen LogP) is 8.63. The molecule has 0 radical (unpaired) electrons. The fraction of sp³-hybridized carbons (Fsp3) is 0.273. The summed E-state index contributed by atoms with van der Waals surface area (Å²) in [5.41, 5.74) is 8.62. The lowest BCUT2D eigenvalue weighted by atomic mass is 9.93. The van der Waals surface area contributed by atoms with Crippen molar-refractivity contribution in [2.24, 2.45) is 0 Å². The average molecular weight is 844 g/mol. The molecule has 0 spiro atoms. The van der Waals surface area contributed by atoms with E-state index in [1.165, 1.54) is 0 Å². The van der Waals surface area contributed by atoms with Crippen LogP contribution in [0.2, 0.25) is 10.3 Å². The number of aromatic nitrogens is 12. The van der Waals surface area contributed by atoms with Crippen LogP contribution in [0.4, 0.5) is 0 Å². The molecule has 4 N–H and O–H groups in total. The third-order valence-corrected chi connectivity index (χ3v) is 11.4. The Bertz CT molecular complexity index is 2640. The van der Waals surface area contributed by atoms with Gasteiger partial charge in [-0.2, -0.15) is 10.4 Å². The van der Waals surface area contributed by atoms with E-state index in [2.05, 4.69) is 83.9 Å². The van der Waals surface area contributed by atoms with Crippen LogP contribution in [-0.2, 0) is 26.1 Å². The highest BCUT2D eigenvalue weighted by molar-refractivity contribution is 6.30. The Kier molecular flexibility index (Phi) is 12.5. The number of tetrazole rings is 2. The van der Waals surface area contributed by atoms with Crippen LogP contribution in [0.15, 0.2) is 97.1 Å². The Morgan fingerprint density at radius 3 is 1.67 bits per heavy atom. The van der Waals surface area contributed by atoms with Crippen molar-refractivity contribution in [2.75, 3.05) is 0 Å². The van der Waals surface area contributed by atoms with Crippen LogP contribution in [0.1, 0.15) is 85.7 Å². The van der Waals surface area contributed by atoms with Gasteiger partial charge in [0.1, 0.15) is 17.8 Å². The largest absolute Gasteiger partial charge is 0.390 e. The van der Waals surface area contributed by atoms with E-state index in [1.54, 1.807) is 0 Å². The first kappa shape index (κ1) is 40.7. The van der Waals surface area contributed by atoms with Gasteiger partial charge in [-0.1, -0.05) is 147 Å². The summed E-state index contributed by atoms with van der Waals surface area (Å²) in [5.74, 6) is 1.88. The van der Waals surface area contributed by atoms with Gasteiger partial charge in [0.25, 0.3) is 0 Å². The molecule has 0 bridgehead atoms. The molecule has 2 unspecified atom stereocenters. The molecule has 306 valence electrons. The summed E-state index contributed by atoms with van der Waals surface area (Å²) in [7, 11) is 0. The third kappa shape index (κ3) is 8.36. The van der Waals surface area contributed by atoms with Crippen molar-refractivity contribution in [3.63, 3.8) is 0 Å². The first-order valence-corrected chi connectivity index (χ1v) is 20.8. The van der Waals surface area contributed by atoms with Crippen molar-refractivity contribution in [3.8, 4) is 45.0 Å². The van der Waals surface area contributed by atoms with Crippen molar-refractivity contribution in [1.82, 2.24) is 60.4 Å². The molecule has 4 aromatic heterocycles. The number of aromatic amines is 2. The number of hydrogen-bond donors (Lipinski definition) is 4. The zero-order valence-electron chi connectivity index (χ0n) is 33.2. The summed E-state index contributed by atoms with van der Waals surface area (Å²) in [4.78, 5) is 9.64. The lowest BCUT2D eigenvalue weighted by Crippen LogP contribution is -2.21. The summed E-state index contributed by atoms with van der Waals surface area (Å²) >= 11 is 13.8. The average Bonchev–Trinajstić information content (AvgIpc) is 4.11. The molecule has 16 heteroatoms. The van der Waals surface area contributed by atoms with Gasteiger partial charge < -0.3 is 19.3 Å². The molecular weight excluding hydrogens is 799 g/mol. The van der Waals surface area contributed by atoms with Crippen molar-refractivity contribution in [2.45, 2.75) is 77.7 Å². The molecular formula is C44H44Cl2N12O2. The number of aryl methyl sites for hydroxylation is 1. The summed E-state index contributed by atoms with van der Waals surface area (Å²) in [6.45, 7) is 4.68. The van der Waals surface area contributed by atoms with Gasteiger partial charge >= 0.3 is 0 Å². The highest BCUT2D eigenvalue weighted by atomic mass is 35.5. The van der Waals surface area contributed by atoms with Crippen LogP contribution in [0.25, 0.3) is 45.0 Å². The molecule has 2 atom stereocenters. The number of aliphatic hydroxyl groups is 2. The number of halogens is 2.